The number of ether oxygens (including phenoxy) is 1. The van der Waals surface area contributed by atoms with Crippen molar-refractivity contribution in [2.75, 3.05) is 17.7 Å². The van der Waals surface area contributed by atoms with E-state index in [1.165, 1.54) is 16.0 Å². The van der Waals surface area contributed by atoms with Crippen molar-refractivity contribution in [3.05, 3.63) is 16.0 Å². The number of carbonyl (C=O) groups is 2. The van der Waals surface area contributed by atoms with Crippen molar-refractivity contribution in [3.63, 3.8) is 0 Å². The van der Waals surface area contributed by atoms with Crippen LogP contribution in [-0.4, -0.2) is 29.5 Å². The zero-order chi connectivity index (χ0) is 22.1. The number of thiophene rings is 1. The van der Waals surface area contributed by atoms with Gasteiger partial charge in [0.2, 0.25) is 5.91 Å². The van der Waals surface area contributed by atoms with Gasteiger partial charge in [0, 0.05) is 4.88 Å². The molecule has 3 rings (SSSR count). The first-order valence-electron chi connectivity index (χ1n) is 9.89. The van der Waals surface area contributed by atoms with Gasteiger partial charge in [0.05, 0.1) is 23.2 Å². The van der Waals surface area contributed by atoms with Gasteiger partial charge in [-0.2, -0.15) is 0 Å². The average Bonchev–Trinajstić information content (AvgIpc) is 3.18. The van der Waals surface area contributed by atoms with E-state index in [2.05, 4.69) is 35.9 Å². The number of rotatable bonds is 6. The normalized spacial score (nSPS) is 16.2. The Hall–Kier alpha value is -2.07. The van der Waals surface area contributed by atoms with Crippen molar-refractivity contribution in [3.8, 4) is 5.95 Å². The van der Waals surface area contributed by atoms with E-state index in [1.54, 1.807) is 14.0 Å². The zero-order valence-corrected chi connectivity index (χ0v) is 19.5. The number of carbonyl (C=O) groups excluding carboxylic acids is 2. The smallest absolute Gasteiger partial charge is 0.341 e. The molecule has 1 aliphatic carbocycles. The Morgan fingerprint density at radius 2 is 2.17 bits per heavy atom. The van der Waals surface area contributed by atoms with Gasteiger partial charge in [-0.3, -0.25) is 4.79 Å². The molecule has 2 heterocycles. The third-order valence-corrected chi connectivity index (χ3v) is 7.56. The number of hydrogen-bond donors (Lipinski definition) is 1. The summed E-state index contributed by atoms with van der Waals surface area (Å²) in [5.74, 6) is -0.777. The van der Waals surface area contributed by atoms with Crippen LogP contribution >= 0.6 is 23.1 Å². The largest absolute Gasteiger partial charge is 0.538 e. The minimum atomic E-state index is -0.581. The second-order valence-electron chi connectivity index (χ2n) is 8.36. The second-order valence-corrected chi connectivity index (χ2v) is 10.4. The van der Waals surface area contributed by atoms with E-state index in [9.17, 15) is 14.7 Å². The van der Waals surface area contributed by atoms with Crippen molar-refractivity contribution in [2.45, 2.75) is 52.0 Å². The minimum absolute atomic E-state index is 0.000256. The summed E-state index contributed by atoms with van der Waals surface area (Å²) in [4.78, 5) is 26.4. The summed E-state index contributed by atoms with van der Waals surface area (Å²) in [5, 5.41) is 18.8. The molecule has 10 heteroatoms. The van der Waals surface area contributed by atoms with Crippen LogP contribution in [0.25, 0.3) is 0 Å². The molecule has 164 valence electrons. The molecule has 8 nitrogen and oxygen atoms in total. The number of thioether (sulfide) groups is 1. The van der Waals surface area contributed by atoms with Gasteiger partial charge in [-0.15, -0.1) is 11.3 Å². The Balaban J connectivity index is 1.80. The first-order valence-corrected chi connectivity index (χ1v) is 11.7. The van der Waals surface area contributed by atoms with Gasteiger partial charge in [0.25, 0.3) is 5.03 Å². The molecule has 1 atom stereocenters. The molecule has 0 saturated carbocycles. The van der Waals surface area contributed by atoms with Gasteiger partial charge in [-0.1, -0.05) is 25.5 Å². The number of hydrogen-bond acceptors (Lipinski definition) is 8. The molecule has 0 radical (unpaired) electrons. The predicted molar refractivity (Wildman–Crippen MR) is 112 cm³/mol. The minimum Gasteiger partial charge on any atom is -0.538 e. The number of nitrogens with one attached hydrogen (secondary N) is 1. The fourth-order valence-electron chi connectivity index (χ4n) is 3.59. The van der Waals surface area contributed by atoms with Gasteiger partial charge in [0.15, 0.2) is 13.0 Å². The summed E-state index contributed by atoms with van der Waals surface area (Å²) in [6, 6.07) is 0. The maximum Gasteiger partial charge on any atom is 0.341 e. The molecule has 0 aromatic carbocycles. The van der Waals surface area contributed by atoms with Gasteiger partial charge < -0.3 is 19.7 Å². The summed E-state index contributed by atoms with van der Waals surface area (Å²) in [6.45, 7) is 8.74. The average molecular weight is 454 g/mol. The van der Waals surface area contributed by atoms with Gasteiger partial charge >= 0.3 is 5.97 Å². The molecule has 0 bridgehead atoms. The highest BCUT2D eigenvalue weighted by atomic mass is 32.2. The maximum absolute atomic E-state index is 12.7. The van der Waals surface area contributed by atoms with E-state index >= 15 is 0 Å². The molecular formula is C20H27N3O5S2. The lowest BCUT2D eigenvalue weighted by molar-refractivity contribution is -0.772. The highest BCUT2D eigenvalue weighted by molar-refractivity contribution is 7.99. The first-order chi connectivity index (χ1) is 14.1. The molecule has 1 amide bonds. The monoisotopic (exact) mass is 453 g/mol. The number of esters is 1. The highest BCUT2D eigenvalue weighted by Crippen LogP contribution is 2.44. The van der Waals surface area contributed by atoms with E-state index in [0.29, 0.717) is 16.5 Å². The topological polar surface area (TPSA) is 108 Å². The Morgan fingerprint density at radius 1 is 1.43 bits per heavy atom. The summed E-state index contributed by atoms with van der Waals surface area (Å²) < 4.78 is 11.1. The lowest BCUT2D eigenvalue weighted by atomic mass is 9.72. The van der Waals surface area contributed by atoms with Gasteiger partial charge in [-0.05, 0) is 54.8 Å². The molecule has 2 aromatic rings. The van der Waals surface area contributed by atoms with E-state index in [-0.39, 0.29) is 28.7 Å². The number of amides is 1. The van der Waals surface area contributed by atoms with Crippen molar-refractivity contribution in [2.24, 2.45) is 18.4 Å². The highest BCUT2D eigenvalue weighted by Gasteiger charge is 2.34. The van der Waals surface area contributed by atoms with Crippen LogP contribution in [0.2, 0.25) is 0 Å². The van der Waals surface area contributed by atoms with E-state index in [1.807, 2.05) is 0 Å². The summed E-state index contributed by atoms with van der Waals surface area (Å²) in [5.41, 5.74) is 1.65. The van der Waals surface area contributed by atoms with Crippen LogP contribution in [0.15, 0.2) is 9.55 Å². The Kier molecular flexibility index (Phi) is 6.76. The number of aryl methyl sites for hydroxylation is 1. The standard InChI is InChI=1S/C20H27N3O5S2/c1-6-27-18(25)15-12-8-7-11(20(2,3)4)9-13(12)30-16(15)21-14(24)10-29-17-19(26)28-22-23(17)5/h11H,6-10H2,1-5H3,(H-,21,22,24,25,26). The van der Waals surface area contributed by atoms with Crippen LogP contribution in [0, 0.1) is 11.3 Å². The van der Waals surface area contributed by atoms with Crippen LogP contribution in [0.1, 0.15) is 54.9 Å². The van der Waals surface area contributed by atoms with Gasteiger partial charge in [-0.25, -0.2) is 4.79 Å². The quantitative estimate of drug-likeness (QED) is 0.407. The third kappa shape index (κ3) is 4.80. The first kappa shape index (κ1) is 22.6. The van der Waals surface area contributed by atoms with Crippen molar-refractivity contribution in [1.29, 1.82) is 0 Å². The molecule has 0 saturated heterocycles. The molecule has 30 heavy (non-hydrogen) atoms. The fraction of sp³-hybridized carbons (Fsp3) is 0.600. The Labute approximate surface area is 183 Å². The number of aromatic nitrogens is 2. The summed E-state index contributed by atoms with van der Waals surface area (Å²) in [6.07, 6.45) is 2.68. The molecule has 2 aromatic heterocycles. The molecule has 0 spiro atoms. The van der Waals surface area contributed by atoms with Crippen LogP contribution in [0.3, 0.4) is 0 Å². The molecular weight excluding hydrogens is 426 g/mol. The zero-order valence-electron chi connectivity index (χ0n) is 17.9. The van der Waals surface area contributed by atoms with Crippen LogP contribution in [-0.2, 0) is 29.4 Å². The summed E-state index contributed by atoms with van der Waals surface area (Å²) in [7, 11) is 1.57. The van der Waals surface area contributed by atoms with Crippen molar-refractivity contribution in [1.82, 2.24) is 5.27 Å². The Bertz CT molecular complexity index is 926. The van der Waals surface area contributed by atoms with Crippen molar-refractivity contribution >= 4 is 40.0 Å². The lowest BCUT2D eigenvalue weighted by Gasteiger charge is -2.33. The van der Waals surface area contributed by atoms with Crippen LogP contribution < -0.4 is 15.1 Å². The predicted octanol–water partition coefficient (Wildman–Crippen LogP) is 2.69. The molecule has 0 fully saturated rings. The van der Waals surface area contributed by atoms with Crippen LogP contribution in [0.5, 0.6) is 5.95 Å². The summed E-state index contributed by atoms with van der Waals surface area (Å²) >= 11 is 2.50. The SMILES string of the molecule is CCOC(=O)c1c(NC(=O)CSc2c([O-])on[n+]2C)sc2c1CCC(C(C)(C)C)C2. The van der Waals surface area contributed by atoms with Crippen molar-refractivity contribution < 1.29 is 28.6 Å². The van der Waals surface area contributed by atoms with E-state index in [4.69, 9.17) is 4.74 Å². The van der Waals surface area contributed by atoms with E-state index in [0.717, 1.165) is 41.5 Å². The van der Waals surface area contributed by atoms with E-state index < -0.39 is 11.9 Å². The molecule has 1 aliphatic rings. The van der Waals surface area contributed by atoms with Gasteiger partial charge in [0.1, 0.15) is 5.00 Å². The maximum atomic E-state index is 12.7. The molecule has 1 N–H and O–H groups in total. The third-order valence-electron chi connectivity index (χ3n) is 5.28. The number of nitrogens with zero attached hydrogens (tertiary/aromatic N) is 2. The second kappa shape index (κ2) is 8.97. The molecule has 1 unspecified atom stereocenters. The molecule has 0 aliphatic heterocycles. The fourth-order valence-corrected chi connectivity index (χ4v) is 5.63. The lowest BCUT2D eigenvalue weighted by Crippen LogP contribution is -2.32. The number of fused-ring (bicyclic) bond motifs is 1. The Morgan fingerprint density at radius 3 is 2.77 bits per heavy atom. The van der Waals surface area contributed by atoms with Crippen LogP contribution in [0.4, 0.5) is 5.00 Å². The number of anilines is 1.